The Hall–Kier alpha value is -2.82. The molecular weight excluding hydrogens is 328 g/mol. The van der Waals surface area contributed by atoms with Gasteiger partial charge in [0.1, 0.15) is 0 Å². The van der Waals surface area contributed by atoms with Crippen LogP contribution in [0.1, 0.15) is 35.7 Å². The van der Waals surface area contributed by atoms with E-state index in [1.165, 1.54) is 5.56 Å². The Labute approximate surface area is 154 Å². The second-order valence-electron chi connectivity index (χ2n) is 6.25. The molecule has 0 spiro atoms. The number of carbonyl (C=O) groups excluding carboxylic acids is 2. The Balaban J connectivity index is 1.52. The number of carbonyl (C=O) groups is 2. The predicted molar refractivity (Wildman–Crippen MR) is 103 cm³/mol. The van der Waals surface area contributed by atoms with Gasteiger partial charge in [0.05, 0.1) is 12.2 Å². The van der Waals surface area contributed by atoms with Gasteiger partial charge in [-0.1, -0.05) is 18.2 Å². The number of rotatable bonds is 6. The van der Waals surface area contributed by atoms with Crippen LogP contribution in [-0.4, -0.2) is 31.6 Å². The third-order valence-electron chi connectivity index (χ3n) is 4.48. The van der Waals surface area contributed by atoms with Crippen LogP contribution in [0.15, 0.2) is 48.5 Å². The zero-order valence-corrected chi connectivity index (χ0v) is 15.0. The molecule has 0 atom stereocenters. The monoisotopic (exact) mass is 352 g/mol. The van der Waals surface area contributed by atoms with E-state index >= 15 is 0 Å². The average molecular weight is 352 g/mol. The zero-order chi connectivity index (χ0) is 18.4. The van der Waals surface area contributed by atoms with E-state index in [-0.39, 0.29) is 11.9 Å². The fourth-order valence-corrected chi connectivity index (χ4v) is 3.18. The normalized spacial score (nSPS) is 13.0. The van der Waals surface area contributed by atoms with E-state index in [1.54, 1.807) is 19.1 Å². The largest absolute Gasteiger partial charge is 0.462 e. The van der Waals surface area contributed by atoms with E-state index in [4.69, 9.17) is 4.74 Å². The molecule has 1 amide bonds. The molecule has 136 valence electrons. The number of hydrogen-bond acceptors (Lipinski definition) is 4. The van der Waals surface area contributed by atoms with E-state index in [0.717, 1.165) is 30.8 Å². The van der Waals surface area contributed by atoms with E-state index in [0.29, 0.717) is 25.1 Å². The Morgan fingerprint density at radius 3 is 2.65 bits per heavy atom. The van der Waals surface area contributed by atoms with Crippen LogP contribution in [-0.2, 0) is 16.0 Å². The van der Waals surface area contributed by atoms with Gasteiger partial charge in [0, 0.05) is 30.9 Å². The smallest absolute Gasteiger partial charge is 0.338 e. The van der Waals surface area contributed by atoms with Crippen LogP contribution < -0.4 is 10.2 Å². The molecule has 0 bridgehead atoms. The number of anilines is 2. The number of para-hydroxylation sites is 1. The summed E-state index contributed by atoms with van der Waals surface area (Å²) < 4.78 is 4.97. The van der Waals surface area contributed by atoms with Crippen LogP contribution in [0, 0.1) is 0 Å². The quantitative estimate of drug-likeness (QED) is 0.807. The fourth-order valence-electron chi connectivity index (χ4n) is 3.18. The minimum Gasteiger partial charge on any atom is -0.462 e. The number of nitrogens with zero attached hydrogens (tertiary/aromatic N) is 1. The highest BCUT2D eigenvalue weighted by atomic mass is 16.5. The summed E-state index contributed by atoms with van der Waals surface area (Å²) in [7, 11) is 0. The third-order valence-corrected chi connectivity index (χ3v) is 4.48. The van der Waals surface area contributed by atoms with Gasteiger partial charge in [-0.15, -0.1) is 0 Å². The van der Waals surface area contributed by atoms with Gasteiger partial charge in [0.15, 0.2) is 0 Å². The summed E-state index contributed by atoms with van der Waals surface area (Å²) in [5.74, 6) is -0.189. The molecular formula is C21H24N2O3. The first kappa shape index (κ1) is 18.0. The first-order valence-corrected chi connectivity index (χ1v) is 9.08. The molecule has 0 radical (unpaired) electrons. The van der Waals surface area contributed by atoms with Crippen LogP contribution in [0.25, 0.3) is 0 Å². The number of esters is 1. The molecule has 3 rings (SSSR count). The lowest BCUT2D eigenvalue weighted by atomic mass is 10.0. The summed E-state index contributed by atoms with van der Waals surface area (Å²) in [6.07, 6.45) is 2.46. The lowest BCUT2D eigenvalue weighted by molar-refractivity contribution is -0.118. The van der Waals surface area contributed by atoms with E-state index in [9.17, 15) is 9.59 Å². The molecule has 2 aromatic carbocycles. The summed E-state index contributed by atoms with van der Waals surface area (Å²) >= 11 is 0. The van der Waals surface area contributed by atoms with Crippen LogP contribution in [0.4, 0.5) is 11.4 Å². The highest BCUT2D eigenvalue weighted by Gasteiger charge is 2.21. The maximum atomic E-state index is 12.6. The zero-order valence-electron chi connectivity index (χ0n) is 15.0. The molecule has 2 aromatic rings. The Bertz CT molecular complexity index is 771. The molecule has 0 saturated carbocycles. The van der Waals surface area contributed by atoms with Crippen molar-refractivity contribution in [2.24, 2.45) is 0 Å². The van der Waals surface area contributed by atoms with Gasteiger partial charge in [0.2, 0.25) is 5.91 Å². The molecule has 0 aliphatic carbocycles. The number of ether oxygens (including phenoxy) is 1. The van der Waals surface area contributed by atoms with Gasteiger partial charge in [-0.05, 0) is 55.7 Å². The van der Waals surface area contributed by atoms with Gasteiger partial charge < -0.3 is 15.0 Å². The fraction of sp³-hybridized carbons (Fsp3) is 0.333. The van der Waals surface area contributed by atoms with E-state index in [1.807, 2.05) is 35.2 Å². The van der Waals surface area contributed by atoms with Gasteiger partial charge in [-0.2, -0.15) is 0 Å². The van der Waals surface area contributed by atoms with Crippen molar-refractivity contribution in [3.8, 4) is 0 Å². The van der Waals surface area contributed by atoms with Crippen molar-refractivity contribution < 1.29 is 14.3 Å². The highest BCUT2D eigenvalue weighted by molar-refractivity contribution is 5.94. The van der Waals surface area contributed by atoms with Crippen molar-refractivity contribution >= 4 is 23.3 Å². The number of nitrogens with one attached hydrogen (secondary N) is 1. The van der Waals surface area contributed by atoms with E-state index < -0.39 is 0 Å². The second kappa shape index (κ2) is 8.52. The number of amides is 1. The predicted octanol–water partition coefficient (Wildman–Crippen LogP) is 3.64. The summed E-state index contributed by atoms with van der Waals surface area (Å²) in [4.78, 5) is 26.1. The van der Waals surface area contributed by atoms with Crippen molar-refractivity contribution in [1.82, 2.24) is 0 Å². The molecule has 0 fully saturated rings. The molecule has 1 aliphatic heterocycles. The first-order chi connectivity index (χ1) is 12.7. The van der Waals surface area contributed by atoms with Crippen molar-refractivity contribution in [2.45, 2.75) is 26.2 Å². The first-order valence-electron chi connectivity index (χ1n) is 9.08. The minimum absolute atomic E-state index is 0.132. The lowest BCUT2D eigenvalue weighted by Gasteiger charge is -2.29. The average Bonchev–Trinajstić information content (AvgIpc) is 2.68. The molecule has 0 aromatic heterocycles. The molecule has 5 heteroatoms. The number of hydrogen-bond donors (Lipinski definition) is 1. The maximum absolute atomic E-state index is 12.6. The molecule has 1 heterocycles. The molecule has 1 N–H and O–H groups in total. The molecule has 0 saturated heterocycles. The van der Waals surface area contributed by atoms with Crippen molar-refractivity contribution in [3.63, 3.8) is 0 Å². The molecule has 1 aliphatic rings. The highest BCUT2D eigenvalue weighted by Crippen LogP contribution is 2.27. The lowest BCUT2D eigenvalue weighted by Crippen LogP contribution is -2.36. The van der Waals surface area contributed by atoms with Gasteiger partial charge in [-0.25, -0.2) is 4.79 Å². The van der Waals surface area contributed by atoms with Crippen molar-refractivity contribution in [1.29, 1.82) is 0 Å². The molecule has 26 heavy (non-hydrogen) atoms. The number of benzene rings is 2. The summed E-state index contributed by atoms with van der Waals surface area (Å²) in [6.45, 7) is 3.48. The standard InChI is InChI=1S/C21H24N2O3/c1-2-26-21(25)17-9-11-18(12-10-17)22-14-13-20(24)23-15-5-7-16-6-3-4-8-19(16)23/h3-4,6,8-12,22H,2,5,7,13-15H2,1H3. The van der Waals surface area contributed by atoms with Crippen LogP contribution in [0.3, 0.4) is 0 Å². The molecule has 0 unspecified atom stereocenters. The Morgan fingerprint density at radius 1 is 1.12 bits per heavy atom. The Morgan fingerprint density at radius 2 is 1.88 bits per heavy atom. The third kappa shape index (κ3) is 4.23. The maximum Gasteiger partial charge on any atom is 0.338 e. The molecule has 5 nitrogen and oxygen atoms in total. The minimum atomic E-state index is -0.321. The van der Waals surface area contributed by atoms with Gasteiger partial charge in [-0.3, -0.25) is 4.79 Å². The van der Waals surface area contributed by atoms with Crippen molar-refractivity contribution in [3.05, 3.63) is 59.7 Å². The van der Waals surface area contributed by atoms with E-state index in [2.05, 4.69) is 11.4 Å². The van der Waals surface area contributed by atoms with Crippen LogP contribution in [0.2, 0.25) is 0 Å². The Kier molecular flexibility index (Phi) is 5.89. The van der Waals surface area contributed by atoms with Crippen molar-refractivity contribution in [2.75, 3.05) is 29.9 Å². The summed E-state index contributed by atoms with van der Waals surface area (Å²) in [5.41, 5.74) is 3.69. The van der Waals surface area contributed by atoms with Gasteiger partial charge in [0.25, 0.3) is 0 Å². The summed E-state index contributed by atoms with van der Waals surface area (Å²) in [5, 5.41) is 3.24. The second-order valence-corrected chi connectivity index (χ2v) is 6.25. The SMILES string of the molecule is CCOC(=O)c1ccc(NCCC(=O)N2CCCc3ccccc32)cc1. The number of fused-ring (bicyclic) bond motifs is 1. The number of aryl methyl sites for hydroxylation is 1. The van der Waals surface area contributed by atoms with Crippen LogP contribution in [0.5, 0.6) is 0 Å². The van der Waals surface area contributed by atoms with Gasteiger partial charge >= 0.3 is 5.97 Å². The topological polar surface area (TPSA) is 58.6 Å². The van der Waals surface area contributed by atoms with Crippen LogP contribution >= 0.6 is 0 Å². The summed E-state index contributed by atoms with van der Waals surface area (Å²) in [6, 6.07) is 15.2.